The highest BCUT2D eigenvalue weighted by Crippen LogP contribution is 2.29. The first-order valence-electron chi connectivity index (χ1n) is 9.30. The van der Waals surface area contributed by atoms with E-state index in [2.05, 4.69) is 25.7 Å². The number of halogens is 3. The van der Waals surface area contributed by atoms with Crippen LogP contribution in [0.15, 0.2) is 54.3 Å². The van der Waals surface area contributed by atoms with Gasteiger partial charge < -0.3 is 10.6 Å². The van der Waals surface area contributed by atoms with E-state index in [1.54, 1.807) is 22.2 Å². The van der Waals surface area contributed by atoms with Crippen molar-refractivity contribution in [1.29, 1.82) is 0 Å². The van der Waals surface area contributed by atoms with E-state index in [4.69, 9.17) is 0 Å². The van der Waals surface area contributed by atoms with Crippen molar-refractivity contribution in [2.45, 2.75) is 19.3 Å². The maximum absolute atomic E-state index is 12.8. The quantitative estimate of drug-likeness (QED) is 0.449. The molecule has 0 aliphatic heterocycles. The van der Waals surface area contributed by atoms with Crippen molar-refractivity contribution in [2.75, 3.05) is 11.9 Å². The number of carbonyl (C=O) groups is 1. The van der Waals surface area contributed by atoms with Crippen molar-refractivity contribution in [2.24, 2.45) is 0 Å². The standard InChI is InChI=1S/C20H17F3N6OS/c21-20(22,23)14-4-1-3-13(9-14)19(30)24-6-7-29-18-16(11-28-29)17(26-12-27-18)25-10-15-5-2-8-31-15/h1-5,8-9,11-12H,6-7,10H2,(H,24,30)(H,25,26,27). The van der Waals surface area contributed by atoms with E-state index in [-0.39, 0.29) is 12.1 Å². The van der Waals surface area contributed by atoms with Gasteiger partial charge in [0.05, 0.1) is 30.2 Å². The molecular weight excluding hydrogens is 429 g/mol. The number of amides is 1. The van der Waals surface area contributed by atoms with Crippen molar-refractivity contribution < 1.29 is 18.0 Å². The average molecular weight is 446 g/mol. The third kappa shape index (κ3) is 4.82. The zero-order valence-electron chi connectivity index (χ0n) is 16.1. The first-order chi connectivity index (χ1) is 14.9. The fraction of sp³-hybridized carbons (Fsp3) is 0.200. The molecule has 7 nitrogen and oxygen atoms in total. The third-order valence-electron chi connectivity index (χ3n) is 4.51. The Labute approximate surface area is 178 Å². The Morgan fingerprint density at radius 3 is 2.81 bits per heavy atom. The van der Waals surface area contributed by atoms with Crippen molar-refractivity contribution in [3.63, 3.8) is 0 Å². The molecule has 4 rings (SSSR count). The number of aromatic nitrogens is 4. The average Bonchev–Trinajstić information content (AvgIpc) is 3.42. The van der Waals surface area contributed by atoms with Crippen LogP contribution in [0.25, 0.3) is 11.0 Å². The zero-order chi connectivity index (χ0) is 21.8. The van der Waals surface area contributed by atoms with Crippen LogP contribution >= 0.6 is 11.3 Å². The number of hydrogen-bond acceptors (Lipinski definition) is 6. The maximum Gasteiger partial charge on any atom is 0.416 e. The summed E-state index contributed by atoms with van der Waals surface area (Å²) < 4.78 is 40.1. The Balaban J connectivity index is 1.39. The van der Waals surface area contributed by atoms with Gasteiger partial charge in [-0.2, -0.15) is 18.3 Å². The number of nitrogens with zero attached hydrogens (tertiary/aromatic N) is 4. The van der Waals surface area contributed by atoms with Crippen LogP contribution in [-0.2, 0) is 19.3 Å². The van der Waals surface area contributed by atoms with Crippen LogP contribution in [0.2, 0.25) is 0 Å². The van der Waals surface area contributed by atoms with E-state index in [1.165, 1.54) is 18.5 Å². The van der Waals surface area contributed by atoms with E-state index in [9.17, 15) is 18.0 Å². The molecule has 0 saturated heterocycles. The Hall–Kier alpha value is -3.47. The van der Waals surface area contributed by atoms with Gasteiger partial charge in [0.2, 0.25) is 0 Å². The summed E-state index contributed by atoms with van der Waals surface area (Å²) in [6, 6.07) is 8.30. The molecule has 1 amide bonds. The minimum atomic E-state index is -4.50. The Morgan fingerprint density at radius 1 is 1.16 bits per heavy atom. The largest absolute Gasteiger partial charge is 0.416 e. The molecule has 1 aromatic carbocycles. The highest BCUT2D eigenvalue weighted by Gasteiger charge is 2.30. The second-order valence-corrected chi connectivity index (χ2v) is 7.63. The second kappa shape index (κ2) is 8.72. The number of anilines is 1. The van der Waals surface area contributed by atoms with Gasteiger partial charge in [-0.3, -0.25) is 4.79 Å². The Morgan fingerprint density at radius 2 is 2.03 bits per heavy atom. The van der Waals surface area contributed by atoms with Crippen LogP contribution in [0.1, 0.15) is 20.8 Å². The van der Waals surface area contributed by atoms with Crippen molar-refractivity contribution in [3.05, 3.63) is 70.3 Å². The predicted molar refractivity (Wildman–Crippen MR) is 111 cm³/mol. The molecule has 0 saturated carbocycles. The van der Waals surface area contributed by atoms with Gasteiger partial charge in [0.1, 0.15) is 12.1 Å². The molecule has 0 aliphatic rings. The lowest BCUT2D eigenvalue weighted by Crippen LogP contribution is -2.27. The normalized spacial score (nSPS) is 11.6. The van der Waals surface area contributed by atoms with Crippen LogP contribution in [0.5, 0.6) is 0 Å². The number of alkyl halides is 3. The molecule has 0 unspecified atom stereocenters. The van der Waals surface area contributed by atoms with Gasteiger partial charge in [-0.15, -0.1) is 11.3 Å². The van der Waals surface area contributed by atoms with E-state index < -0.39 is 17.6 Å². The fourth-order valence-electron chi connectivity index (χ4n) is 3.00. The van der Waals surface area contributed by atoms with Crippen LogP contribution < -0.4 is 10.6 Å². The smallest absolute Gasteiger partial charge is 0.364 e. The topological polar surface area (TPSA) is 84.7 Å². The van der Waals surface area contributed by atoms with Gasteiger partial charge in [-0.25, -0.2) is 14.6 Å². The van der Waals surface area contributed by atoms with Gasteiger partial charge in [0, 0.05) is 17.0 Å². The van der Waals surface area contributed by atoms with Crippen molar-refractivity contribution >= 4 is 34.1 Å². The minimum absolute atomic E-state index is 0.0532. The summed E-state index contributed by atoms with van der Waals surface area (Å²) in [6.07, 6.45) is -1.43. The minimum Gasteiger partial charge on any atom is -0.364 e. The van der Waals surface area contributed by atoms with Gasteiger partial charge in [0.25, 0.3) is 5.91 Å². The van der Waals surface area contributed by atoms with E-state index in [1.807, 2.05) is 17.5 Å². The van der Waals surface area contributed by atoms with Crippen molar-refractivity contribution in [1.82, 2.24) is 25.1 Å². The molecule has 4 aromatic rings. The highest BCUT2D eigenvalue weighted by molar-refractivity contribution is 7.09. The highest BCUT2D eigenvalue weighted by atomic mass is 32.1. The van der Waals surface area contributed by atoms with E-state index in [0.29, 0.717) is 24.6 Å². The Bertz CT molecular complexity index is 1190. The molecule has 0 aliphatic carbocycles. The van der Waals surface area contributed by atoms with Gasteiger partial charge in [-0.1, -0.05) is 12.1 Å². The number of rotatable bonds is 7. The van der Waals surface area contributed by atoms with Crippen molar-refractivity contribution in [3.8, 4) is 0 Å². The predicted octanol–water partition coefficient (Wildman–Crippen LogP) is 3.95. The number of carbonyl (C=O) groups excluding carboxylic acids is 1. The first-order valence-corrected chi connectivity index (χ1v) is 10.2. The molecule has 3 heterocycles. The fourth-order valence-corrected chi connectivity index (χ4v) is 3.64. The third-order valence-corrected chi connectivity index (χ3v) is 5.38. The van der Waals surface area contributed by atoms with E-state index in [0.717, 1.165) is 22.4 Å². The number of benzene rings is 1. The number of thiophene rings is 1. The molecule has 0 fully saturated rings. The summed E-state index contributed by atoms with van der Waals surface area (Å²) in [6.45, 7) is 1.10. The van der Waals surface area contributed by atoms with Crippen LogP contribution in [0, 0.1) is 0 Å². The van der Waals surface area contributed by atoms with Crippen LogP contribution in [0.4, 0.5) is 19.0 Å². The molecule has 0 atom stereocenters. The number of nitrogens with one attached hydrogen (secondary N) is 2. The molecule has 2 N–H and O–H groups in total. The van der Waals surface area contributed by atoms with E-state index >= 15 is 0 Å². The molecule has 11 heteroatoms. The molecule has 160 valence electrons. The summed E-state index contributed by atoms with van der Waals surface area (Å²) in [4.78, 5) is 21.9. The summed E-state index contributed by atoms with van der Waals surface area (Å²) in [5.41, 5.74) is -0.322. The molecule has 3 aromatic heterocycles. The molecular formula is C20H17F3N6OS. The maximum atomic E-state index is 12.8. The lowest BCUT2D eigenvalue weighted by Gasteiger charge is -2.10. The SMILES string of the molecule is O=C(NCCn1ncc2c(NCc3cccs3)ncnc21)c1cccc(C(F)(F)F)c1. The second-order valence-electron chi connectivity index (χ2n) is 6.59. The summed E-state index contributed by atoms with van der Waals surface area (Å²) >= 11 is 1.64. The monoisotopic (exact) mass is 446 g/mol. The van der Waals surface area contributed by atoms with Crippen LogP contribution in [0.3, 0.4) is 0 Å². The van der Waals surface area contributed by atoms with Gasteiger partial charge in [-0.05, 0) is 29.6 Å². The molecule has 0 spiro atoms. The summed E-state index contributed by atoms with van der Waals surface area (Å²) in [5.74, 6) is 0.0631. The molecule has 31 heavy (non-hydrogen) atoms. The number of fused-ring (bicyclic) bond motifs is 1. The first kappa shape index (κ1) is 20.8. The van der Waals surface area contributed by atoms with Crippen LogP contribution in [-0.4, -0.2) is 32.2 Å². The van der Waals surface area contributed by atoms with Gasteiger partial charge >= 0.3 is 6.18 Å². The summed E-state index contributed by atoms with van der Waals surface area (Å²) in [7, 11) is 0. The lowest BCUT2D eigenvalue weighted by atomic mass is 10.1. The molecule has 0 radical (unpaired) electrons. The molecule has 0 bridgehead atoms. The van der Waals surface area contributed by atoms with Gasteiger partial charge in [0.15, 0.2) is 5.65 Å². The zero-order valence-corrected chi connectivity index (χ0v) is 16.9. The number of hydrogen-bond donors (Lipinski definition) is 2. The summed E-state index contributed by atoms with van der Waals surface area (Å²) in [5, 5.41) is 12.9. The lowest BCUT2D eigenvalue weighted by molar-refractivity contribution is -0.137. The Kier molecular flexibility index (Phi) is 5.85.